The number of carbonyl (C=O) groups is 1. The molecule has 1 aromatic carbocycles. The molecule has 1 aromatic rings. The van der Waals surface area contributed by atoms with Crippen LogP contribution in [0.1, 0.15) is 10.4 Å². The van der Waals surface area contributed by atoms with Crippen LogP contribution in [0.25, 0.3) is 0 Å². The quantitative estimate of drug-likeness (QED) is 0.642. The van der Waals surface area contributed by atoms with E-state index in [2.05, 4.69) is 0 Å². The maximum atomic E-state index is 12.6. The lowest BCUT2D eigenvalue weighted by Crippen LogP contribution is -1.99. The van der Waals surface area contributed by atoms with Crippen LogP contribution in [-0.4, -0.2) is 16.2 Å². The van der Waals surface area contributed by atoms with Gasteiger partial charge in [0.05, 0.1) is 5.56 Å². The number of hydrogen-bond donors (Lipinski definition) is 2. The third-order valence-electron chi connectivity index (χ3n) is 1.21. The average molecular weight is 156 g/mol. The van der Waals surface area contributed by atoms with Crippen molar-refractivity contribution < 1.29 is 19.4 Å². The fourth-order valence-electron chi connectivity index (χ4n) is 0.685. The number of rotatable bonds is 1. The van der Waals surface area contributed by atoms with Crippen LogP contribution in [0, 0.1) is 5.82 Å². The van der Waals surface area contributed by atoms with Gasteiger partial charge in [-0.25, -0.2) is 9.18 Å². The highest BCUT2D eigenvalue weighted by Gasteiger charge is 2.12. The SMILES string of the molecule is O=C(O)c1cccc(O)c1F. The maximum absolute atomic E-state index is 12.6. The Bertz CT molecular complexity index is 296. The Morgan fingerprint density at radius 1 is 1.45 bits per heavy atom. The molecule has 3 nitrogen and oxygen atoms in total. The van der Waals surface area contributed by atoms with Crippen molar-refractivity contribution in [3.8, 4) is 5.75 Å². The standard InChI is InChI=1S/C7H5FO3/c8-6-4(7(10)11)2-1-3-5(6)9/h1-3,9H,(H,10,11). The molecule has 0 saturated heterocycles. The molecule has 0 aromatic heterocycles. The molecule has 0 atom stereocenters. The van der Waals surface area contributed by atoms with E-state index >= 15 is 0 Å². The molecule has 0 unspecified atom stereocenters. The maximum Gasteiger partial charge on any atom is 0.338 e. The van der Waals surface area contributed by atoms with E-state index in [4.69, 9.17) is 10.2 Å². The first kappa shape index (κ1) is 7.53. The summed E-state index contributed by atoms with van der Waals surface area (Å²) in [7, 11) is 0. The number of halogens is 1. The Kier molecular flexibility index (Phi) is 1.76. The summed E-state index contributed by atoms with van der Waals surface area (Å²) in [6.45, 7) is 0. The number of carboxylic acid groups (broad SMARTS) is 1. The topological polar surface area (TPSA) is 57.5 Å². The zero-order valence-corrected chi connectivity index (χ0v) is 5.41. The van der Waals surface area contributed by atoms with Crippen LogP contribution in [0.15, 0.2) is 18.2 Å². The average Bonchev–Trinajstić information content (AvgIpc) is 1.94. The molecule has 0 aliphatic heterocycles. The Morgan fingerprint density at radius 2 is 2.09 bits per heavy atom. The molecule has 4 heteroatoms. The minimum absolute atomic E-state index is 0.523. The third kappa shape index (κ3) is 1.29. The highest BCUT2D eigenvalue weighted by Crippen LogP contribution is 2.17. The summed E-state index contributed by atoms with van der Waals surface area (Å²) in [4.78, 5) is 10.2. The molecule has 0 radical (unpaired) electrons. The second-order valence-electron chi connectivity index (χ2n) is 1.94. The van der Waals surface area contributed by atoms with Gasteiger partial charge in [0.1, 0.15) is 0 Å². The summed E-state index contributed by atoms with van der Waals surface area (Å²) in [6, 6.07) is 3.43. The Labute approximate surface area is 61.7 Å². The third-order valence-corrected chi connectivity index (χ3v) is 1.21. The number of aromatic carboxylic acids is 1. The van der Waals surface area contributed by atoms with Gasteiger partial charge in [0, 0.05) is 0 Å². The van der Waals surface area contributed by atoms with Crippen molar-refractivity contribution in [3.63, 3.8) is 0 Å². The molecule has 0 aliphatic rings. The van der Waals surface area contributed by atoms with E-state index in [1.54, 1.807) is 0 Å². The van der Waals surface area contributed by atoms with E-state index in [0.717, 1.165) is 12.1 Å². The molecule has 0 aliphatic carbocycles. The van der Waals surface area contributed by atoms with E-state index in [0.29, 0.717) is 0 Å². The predicted octanol–water partition coefficient (Wildman–Crippen LogP) is 1.23. The van der Waals surface area contributed by atoms with Crippen molar-refractivity contribution in [2.24, 2.45) is 0 Å². The van der Waals surface area contributed by atoms with Gasteiger partial charge >= 0.3 is 5.97 Å². The molecule has 58 valence electrons. The highest BCUT2D eigenvalue weighted by molar-refractivity contribution is 5.88. The number of phenols is 1. The normalized spacial score (nSPS) is 9.55. The first-order valence-electron chi connectivity index (χ1n) is 2.83. The van der Waals surface area contributed by atoms with Crippen molar-refractivity contribution in [2.75, 3.05) is 0 Å². The van der Waals surface area contributed by atoms with Crippen LogP contribution in [0.3, 0.4) is 0 Å². The van der Waals surface area contributed by atoms with E-state index in [9.17, 15) is 9.18 Å². The molecule has 1 rings (SSSR count). The molecule has 0 saturated carbocycles. The number of phenolic OH excluding ortho intramolecular Hbond substituents is 1. The molecular formula is C7H5FO3. The predicted molar refractivity (Wildman–Crippen MR) is 35.0 cm³/mol. The first-order chi connectivity index (χ1) is 5.13. The largest absolute Gasteiger partial charge is 0.505 e. The van der Waals surface area contributed by atoms with Gasteiger partial charge in [-0.2, -0.15) is 0 Å². The molecule has 0 amide bonds. The molecule has 11 heavy (non-hydrogen) atoms. The van der Waals surface area contributed by atoms with Crippen molar-refractivity contribution in [1.29, 1.82) is 0 Å². The van der Waals surface area contributed by atoms with Gasteiger partial charge in [-0.15, -0.1) is 0 Å². The van der Waals surface area contributed by atoms with E-state index in [-0.39, 0.29) is 0 Å². The van der Waals surface area contributed by atoms with Crippen molar-refractivity contribution in [2.45, 2.75) is 0 Å². The molecule has 0 heterocycles. The van der Waals surface area contributed by atoms with Crippen LogP contribution < -0.4 is 0 Å². The lowest BCUT2D eigenvalue weighted by atomic mass is 10.2. The van der Waals surface area contributed by atoms with E-state index in [1.165, 1.54) is 6.07 Å². The number of aromatic hydroxyl groups is 1. The Morgan fingerprint density at radius 3 is 2.55 bits per heavy atom. The zero-order valence-electron chi connectivity index (χ0n) is 5.41. The minimum Gasteiger partial charge on any atom is -0.505 e. The summed E-state index contributed by atoms with van der Waals surface area (Å²) in [6.07, 6.45) is 0. The molecular weight excluding hydrogens is 151 g/mol. The summed E-state index contributed by atoms with van der Waals surface area (Å²) in [5.74, 6) is -3.14. The van der Waals surface area contributed by atoms with Crippen molar-refractivity contribution >= 4 is 5.97 Å². The van der Waals surface area contributed by atoms with Gasteiger partial charge < -0.3 is 10.2 Å². The lowest BCUT2D eigenvalue weighted by molar-refractivity contribution is 0.0691. The number of hydrogen-bond acceptors (Lipinski definition) is 2. The highest BCUT2D eigenvalue weighted by atomic mass is 19.1. The fraction of sp³-hybridized carbons (Fsp3) is 0. The summed E-state index contributed by atoms with van der Waals surface area (Å²) >= 11 is 0. The van der Waals surface area contributed by atoms with Gasteiger partial charge in [0.2, 0.25) is 0 Å². The van der Waals surface area contributed by atoms with Gasteiger partial charge in [-0.05, 0) is 12.1 Å². The number of benzene rings is 1. The summed E-state index contributed by atoms with van der Waals surface area (Å²) in [5, 5.41) is 17.0. The summed E-state index contributed by atoms with van der Waals surface area (Å²) < 4.78 is 12.6. The zero-order chi connectivity index (χ0) is 8.43. The molecule has 2 N–H and O–H groups in total. The molecule has 0 bridgehead atoms. The van der Waals surface area contributed by atoms with E-state index < -0.39 is 23.1 Å². The summed E-state index contributed by atoms with van der Waals surface area (Å²) in [5.41, 5.74) is -0.523. The molecule has 0 spiro atoms. The van der Waals surface area contributed by atoms with Crippen LogP contribution in [-0.2, 0) is 0 Å². The Balaban J connectivity index is 3.27. The van der Waals surface area contributed by atoms with Crippen LogP contribution in [0.2, 0.25) is 0 Å². The minimum atomic E-state index is -1.39. The second kappa shape index (κ2) is 2.57. The Hall–Kier alpha value is -1.58. The van der Waals surface area contributed by atoms with Crippen molar-refractivity contribution in [1.82, 2.24) is 0 Å². The van der Waals surface area contributed by atoms with Gasteiger partial charge in [0.25, 0.3) is 0 Å². The lowest BCUT2D eigenvalue weighted by Gasteiger charge is -1.97. The van der Waals surface area contributed by atoms with Gasteiger partial charge in [-0.1, -0.05) is 6.07 Å². The smallest absolute Gasteiger partial charge is 0.338 e. The second-order valence-corrected chi connectivity index (χ2v) is 1.94. The number of carboxylic acids is 1. The van der Waals surface area contributed by atoms with E-state index in [1.807, 2.05) is 0 Å². The first-order valence-corrected chi connectivity index (χ1v) is 2.83. The van der Waals surface area contributed by atoms with Gasteiger partial charge in [-0.3, -0.25) is 0 Å². The molecule has 0 fully saturated rings. The van der Waals surface area contributed by atoms with Crippen molar-refractivity contribution in [3.05, 3.63) is 29.6 Å². The monoisotopic (exact) mass is 156 g/mol. The van der Waals surface area contributed by atoms with Crippen LogP contribution in [0.4, 0.5) is 4.39 Å². The fourth-order valence-corrected chi connectivity index (χ4v) is 0.685. The van der Waals surface area contributed by atoms with Crippen LogP contribution in [0.5, 0.6) is 5.75 Å². The van der Waals surface area contributed by atoms with Gasteiger partial charge in [0.15, 0.2) is 11.6 Å². The van der Waals surface area contributed by atoms with Crippen LogP contribution >= 0.6 is 0 Å².